The first-order valence-corrected chi connectivity index (χ1v) is 7.20. The standard InChI is InChI=1S/C14H16N2O2S/c1-9-16-10(8-19-9)4-5-15-13-7-18-14-6-11(17)2-3-12(13)14/h2-3,6,8,13,15,17H,4-5,7H2,1H3. The van der Waals surface area contributed by atoms with Crippen molar-refractivity contribution in [3.8, 4) is 11.5 Å². The minimum atomic E-state index is 0.204. The SMILES string of the molecule is Cc1nc(CCNC2COc3cc(O)ccc32)cs1. The van der Waals surface area contributed by atoms with Crippen molar-refractivity contribution in [1.82, 2.24) is 10.3 Å². The number of aryl methyl sites for hydroxylation is 1. The molecule has 1 atom stereocenters. The molecule has 0 bridgehead atoms. The summed E-state index contributed by atoms with van der Waals surface area (Å²) in [6.45, 7) is 3.52. The number of phenols is 1. The zero-order valence-corrected chi connectivity index (χ0v) is 11.5. The van der Waals surface area contributed by atoms with Crippen LogP contribution in [0, 0.1) is 6.92 Å². The van der Waals surface area contributed by atoms with Crippen LogP contribution in [-0.2, 0) is 6.42 Å². The number of hydrogen-bond donors (Lipinski definition) is 2. The van der Waals surface area contributed by atoms with E-state index in [9.17, 15) is 5.11 Å². The fourth-order valence-corrected chi connectivity index (χ4v) is 2.91. The molecule has 0 fully saturated rings. The Morgan fingerprint density at radius 1 is 1.53 bits per heavy atom. The van der Waals surface area contributed by atoms with Crippen molar-refractivity contribution in [2.24, 2.45) is 0 Å². The van der Waals surface area contributed by atoms with Crippen molar-refractivity contribution >= 4 is 11.3 Å². The van der Waals surface area contributed by atoms with E-state index >= 15 is 0 Å². The third-order valence-electron chi connectivity index (χ3n) is 3.22. The molecular weight excluding hydrogens is 260 g/mol. The highest BCUT2D eigenvalue weighted by Gasteiger charge is 2.23. The molecule has 1 aliphatic heterocycles. The predicted molar refractivity (Wildman–Crippen MR) is 74.9 cm³/mol. The van der Waals surface area contributed by atoms with Crippen LogP contribution in [0.2, 0.25) is 0 Å². The Hall–Kier alpha value is -1.59. The van der Waals surface area contributed by atoms with E-state index in [4.69, 9.17) is 4.74 Å². The summed E-state index contributed by atoms with van der Waals surface area (Å²) in [6.07, 6.45) is 0.925. The molecule has 1 aliphatic rings. The molecule has 0 saturated heterocycles. The van der Waals surface area contributed by atoms with E-state index < -0.39 is 0 Å². The Bertz CT molecular complexity index is 583. The molecule has 0 aliphatic carbocycles. The number of hydrogen-bond acceptors (Lipinski definition) is 5. The number of phenolic OH excluding ortho intramolecular Hbond substituents is 1. The topological polar surface area (TPSA) is 54.4 Å². The Morgan fingerprint density at radius 3 is 3.21 bits per heavy atom. The van der Waals surface area contributed by atoms with Gasteiger partial charge in [0.1, 0.15) is 18.1 Å². The van der Waals surface area contributed by atoms with Crippen LogP contribution >= 0.6 is 11.3 Å². The number of fused-ring (bicyclic) bond motifs is 1. The van der Waals surface area contributed by atoms with Crippen LogP contribution in [0.4, 0.5) is 0 Å². The Kier molecular flexibility index (Phi) is 3.40. The van der Waals surface area contributed by atoms with Crippen molar-refractivity contribution in [2.45, 2.75) is 19.4 Å². The van der Waals surface area contributed by atoms with Crippen LogP contribution in [0.25, 0.3) is 0 Å². The molecule has 2 aromatic rings. The van der Waals surface area contributed by atoms with Gasteiger partial charge in [-0.25, -0.2) is 4.98 Å². The number of aromatic nitrogens is 1. The highest BCUT2D eigenvalue weighted by atomic mass is 32.1. The maximum absolute atomic E-state index is 9.40. The van der Waals surface area contributed by atoms with Gasteiger partial charge in [0.15, 0.2) is 0 Å². The normalized spacial score (nSPS) is 17.2. The maximum atomic E-state index is 9.40. The molecule has 2 heterocycles. The first-order valence-electron chi connectivity index (χ1n) is 6.32. The lowest BCUT2D eigenvalue weighted by atomic mass is 10.1. The minimum absolute atomic E-state index is 0.204. The summed E-state index contributed by atoms with van der Waals surface area (Å²) in [4.78, 5) is 4.44. The fourth-order valence-electron chi connectivity index (χ4n) is 2.27. The van der Waals surface area contributed by atoms with Crippen LogP contribution in [0.1, 0.15) is 22.3 Å². The molecule has 5 heteroatoms. The van der Waals surface area contributed by atoms with Crippen molar-refractivity contribution in [3.05, 3.63) is 39.8 Å². The summed E-state index contributed by atoms with van der Waals surface area (Å²) in [7, 11) is 0. The van der Waals surface area contributed by atoms with Crippen LogP contribution in [0.3, 0.4) is 0 Å². The highest BCUT2D eigenvalue weighted by molar-refractivity contribution is 7.09. The number of rotatable bonds is 4. The molecule has 0 radical (unpaired) electrons. The first-order chi connectivity index (χ1) is 9.22. The quantitative estimate of drug-likeness (QED) is 0.900. The average Bonchev–Trinajstić information content (AvgIpc) is 2.96. The Balaban J connectivity index is 1.58. The summed E-state index contributed by atoms with van der Waals surface area (Å²) in [6, 6.07) is 5.49. The molecule has 1 unspecified atom stereocenters. The van der Waals surface area contributed by atoms with Crippen molar-refractivity contribution in [2.75, 3.05) is 13.2 Å². The molecule has 3 rings (SSSR count). The Morgan fingerprint density at radius 2 is 2.42 bits per heavy atom. The van der Waals surface area contributed by atoms with Gasteiger partial charge in [-0.05, 0) is 19.1 Å². The van der Waals surface area contributed by atoms with Gasteiger partial charge >= 0.3 is 0 Å². The second kappa shape index (κ2) is 5.19. The summed E-state index contributed by atoms with van der Waals surface area (Å²) in [5, 5.41) is 16.1. The van der Waals surface area contributed by atoms with Crippen LogP contribution < -0.4 is 10.1 Å². The van der Waals surface area contributed by atoms with E-state index in [0.717, 1.165) is 35.0 Å². The van der Waals surface area contributed by atoms with Crippen molar-refractivity contribution < 1.29 is 9.84 Å². The summed E-state index contributed by atoms with van der Waals surface area (Å²) >= 11 is 1.69. The lowest BCUT2D eigenvalue weighted by Crippen LogP contribution is -2.24. The second-order valence-electron chi connectivity index (χ2n) is 4.65. The average molecular weight is 276 g/mol. The number of nitrogens with zero attached hydrogens (tertiary/aromatic N) is 1. The highest BCUT2D eigenvalue weighted by Crippen LogP contribution is 2.34. The van der Waals surface area contributed by atoms with Crippen LogP contribution in [-0.4, -0.2) is 23.2 Å². The van der Waals surface area contributed by atoms with E-state index in [1.165, 1.54) is 0 Å². The van der Waals surface area contributed by atoms with E-state index in [1.54, 1.807) is 23.5 Å². The Labute approximate surface area is 116 Å². The van der Waals surface area contributed by atoms with Gasteiger partial charge in [0, 0.05) is 30.0 Å². The monoisotopic (exact) mass is 276 g/mol. The summed E-state index contributed by atoms with van der Waals surface area (Å²) in [5.74, 6) is 1.03. The molecule has 0 amide bonds. The van der Waals surface area contributed by atoms with E-state index in [1.807, 2.05) is 13.0 Å². The summed E-state index contributed by atoms with van der Waals surface area (Å²) < 4.78 is 5.56. The molecule has 0 spiro atoms. The lowest BCUT2D eigenvalue weighted by Gasteiger charge is -2.10. The van der Waals surface area contributed by atoms with E-state index in [0.29, 0.717) is 6.61 Å². The third-order valence-corrected chi connectivity index (χ3v) is 4.04. The number of aromatic hydroxyl groups is 1. The van der Waals surface area contributed by atoms with E-state index in [-0.39, 0.29) is 11.8 Å². The largest absolute Gasteiger partial charge is 0.508 e. The van der Waals surface area contributed by atoms with Gasteiger partial charge in [-0.2, -0.15) is 0 Å². The lowest BCUT2D eigenvalue weighted by molar-refractivity contribution is 0.311. The zero-order valence-electron chi connectivity index (χ0n) is 10.7. The zero-order chi connectivity index (χ0) is 13.2. The first kappa shape index (κ1) is 12.4. The van der Waals surface area contributed by atoms with E-state index in [2.05, 4.69) is 15.7 Å². The predicted octanol–water partition coefficient (Wildman–Crippen LogP) is 2.42. The van der Waals surface area contributed by atoms with Crippen LogP contribution in [0.15, 0.2) is 23.6 Å². The van der Waals surface area contributed by atoms with Gasteiger partial charge in [-0.3, -0.25) is 0 Å². The smallest absolute Gasteiger partial charge is 0.127 e. The number of ether oxygens (including phenoxy) is 1. The van der Waals surface area contributed by atoms with Crippen molar-refractivity contribution in [1.29, 1.82) is 0 Å². The fraction of sp³-hybridized carbons (Fsp3) is 0.357. The molecular formula is C14H16N2O2S. The second-order valence-corrected chi connectivity index (χ2v) is 5.71. The van der Waals surface area contributed by atoms with Gasteiger partial charge in [-0.1, -0.05) is 0 Å². The van der Waals surface area contributed by atoms with Gasteiger partial charge in [-0.15, -0.1) is 11.3 Å². The number of benzene rings is 1. The molecule has 0 saturated carbocycles. The minimum Gasteiger partial charge on any atom is -0.508 e. The van der Waals surface area contributed by atoms with Crippen LogP contribution in [0.5, 0.6) is 11.5 Å². The number of nitrogens with one attached hydrogen (secondary N) is 1. The van der Waals surface area contributed by atoms with Gasteiger partial charge < -0.3 is 15.2 Å². The molecule has 100 valence electrons. The van der Waals surface area contributed by atoms with Gasteiger partial charge in [0.2, 0.25) is 0 Å². The van der Waals surface area contributed by atoms with Gasteiger partial charge in [0.05, 0.1) is 16.7 Å². The molecule has 2 N–H and O–H groups in total. The van der Waals surface area contributed by atoms with Gasteiger partial charge in [0.25, 0.3) is 0 Å². The summed E-state index contributed by atoms with van der Waals surface area (Å²) in [5.41, 5.74) is 2.26. The maximum Gasteiger partial charge on any atom is 0.127 e. The molecule has 4 nitrogen and oxygen atoms in total. The number of thiazole rings is 1. The third kappa shape index (κ3) is 2.72. The molecule has 19 heavy (non-hydrogen) atoms. The van der Waals surface area contributed by atoms with Crippen molar-refractivity contribution in [3.63, 3.8) is 0 Å². The molecule has 1 aromatic heterocycles. The molecule has 1 aromatic carbocycles.